The number of Topliss-reactive ketones (excluding diaryl/α,β-unsaturated/α-hetero) is 1. The van der Waals surface area contributed by atoms with Crippen molar-refractivity contribution in [2.75, 3.05) is 5.75 Å². The number of carbonyl (C=O) groups is 2. The normalized spacial score (nSPS) is 51.6. The van der Waals surface area contributed by atoms with E-state index in [-0.39, 0.29) is 5.41 Å². The first-order chi connectivity index (χ1) is 11.1. The van der Waals surface area contributed by atoms with Gasteiger partial charge in [0.1, 0.15) is 5.78 Å². The van der Waals surface area contributed by atoms with Crippen molar-refractivity contribution >= 4 is 23.3 Å². The molecule has 0 amide bonds. The van der Waals surface area contributed by atoms with Crippen molar-refractivity contribution in [1.29, 1.82) is 0 Å². The third-order valence-corrected chi connectivity index (χ3v) is 9.27. The van der Waals surface area contributed by atoms with E-state index in [1.807, 2.05) is 6.08 Å². The predicted molar refractivity (Wildman–Crippen MR) is 92.3 cm³/mol. The van der Waals surface area contributed by atoms with Crippen LogP contribution in [0.4, 0.5) is 0 Å². The van der Waals surface area contributed by atoms with Gasteiger partial charge in [-0.1, -0.05) is 12.5 Å². The summed E-state index contributed by atoms with van der Waals surface area (Å²) in [6.07, 6.45) is 10.5. The van der Waals surface area contributed by atoms with Crippen molar-refractivity contribution in [1.82, 2.24) is 0 Å². The number of fused-ring (bicyclic) bond motifs is 5. The highest BCUT2D eigenvalue weighted by Crippen LogP contribution is 2.69. The van der Waals surface area contributed by atoms with Crippen molar-refractivity contribution in [3.05, 3.63) is 11.6 Å². The standard InChI is InChI=1S/C20H26O2S/c1-19-8-7-16-14(15(19)4-5-17(19)22)3-2-12-10-13(21)6-9-20(12,16)18-11-23-18/h10,14-16,18H,2-9,11H2,1H3/t14-,15-,16-,18-,19-,20?/m0/s1. The smallest absolute Gasteiger partial charge is 0.155 e. The van der Waals surface area contributed by atoms with Gasteiger partial charge in [-0.05, 0) is 62.4 Å². The Hall–Kier alpha value is -0.570. The summed E-state index contributed by atoms with van der Waals surface area (Å²) in [5, 5.41) is 0.760. The minimum atomic E-state index is -0.0231. The summed E-state index contributed by atoms with van der Waals surface area (Å²) >= 11 is 2.11. The minimum Gasteiger partial charge on any atom is -0.299 e. The summed E-state index contributed by atoms with van der Waals surface area (Å²) in [4.78, 5) is 24.5. The van der Waals surface area contributed by atoms with Gasteiger partial charge >= 0.3 is 0 Å². The molecule has 6 atom stereocenters. The molecule has 2 nitrogen and oxygen atoms in total. The Balaban J connectivity index is 1.57. The van der Waals surface area contributed by atoms with E-state index in [9.17, 15) is 9.59 Å². The van der Waals surface area contributed by atoms with Gasteiger partial charge in [0.05, 0.1) is 0 Å². The third-order valence-electron chi connectivity index (χ3n) is 8.18. The maximum atomic E-state index is 12.5. The van der Waals surface area contributed by atoms with Crippen LogP contribution in [0.25, 0.3) is 0 Å². The number of ketones is 2. The van der Waals surface area contributed by atoms with Crippen LogP contribution in [0.2, 0.25) is 0 Å². The molecular formula is C20H26O2S. The molecule has 1 saturated heterocycles. The quantitative estimate of drug-likeness (QED) is 0.676. The molecule has 4 fully saturated rings. The molecule has 1 unspecified atom stereocenters. The van der Waals surface area contributed by atoms with E-state index in [0.717, 1.165) is 55.6 Å². The fourth-order valence-electron chi connectivity index (χ4n) is 6.99. The molecule has 124 valence electrons. The molecular weight excluding hydrogens is 304 g/mol. The lowest BCUT2D eigenvalue weighted by atomic mass is 9.46. The highest BCUT2D eigenvalue weighted by Gasteiger charge is 2.63. The average Bonchev–Trinajstić information content (AvgIpc) is 3.34. The molecule has 0 radical (unpaired) electrons. The lowest BCUT2D eigenvalue weighted by Gasteiger charge is -2.58. The zero-order valence-corrected chi connectivity index (χ0v) is 14.8. The van der Waals surface area contributed by atoms with Crippen LogP contribution in [0.3, 0.4) is 0 Å². The molecule has 0 N–H and O–H groups in total. The van der Waals surface area contributed by atoms with Gasteiger partial charge in [0.15, 0.2) is 5.78 Å². The molecule has 4 aliphatic carbocycles. The maximum absolute atomic E-state index is 12.5. The monoisotopic (exact) mass is 330 g/mol. The third kappa shape index (κ3) is 1.83. The van der Waals surface area contributed by atoms with Gasteiger partial charge in [-0.25, -0.2) is 0 Å². The molecule has 0 bridgehead atoms. The summed E-state index contributed by atoms with van der Waals surface area (Å²) < 4.78 is 0. The predicted octanol–water partition coefficient (Wildman–Crippen LogP) is 4.18. The molecule has 3 heteroatoms. The Morgan fingerprint density at radius 1 is 1.04 bits per heavy atom. The number of hydrogen-bond acceptors (Lipinski definition) is 3. The van der Waals surface area contributed by atoms with Gasteiger partial charge in [-0.15, -0.1) is 0 Å². The van der Waals surface area contributed by atoms with E-state index in [1.165, 1.54) is 24.2 Å². The number of hydrogen-bond donors (Lipinski definition) is 0. The zero-order chi connectivity index (χ0) is 15.8. The topological polar surface area (TPSA) is 34.1 Å². The first kappa shape index (κ1) is 14.7. The molecule has 0 aromatic carbocycles. The van der Waals surface area contributed by atoms with Crippen LogP contribution in [0.5, 0.6) is 0 Å². The lowest BCUT2D eigenvalue weighted by molar-refractivity contribution is -0.132. The lowest BCUT2D eigenvalue weighted by Crippen LogP contribution is -2.53. The van der Waals surface area contributed by atoms with Crippen molar-refractivity contribution in [3.8, 4) is 0 Å². The van der Waals surface area contributed by atoms with Crippen LogP contribution in [0, 0.1) is 28.6 Å². The second-order valence-electron chi connectivity index (χ2n) is 8.83. The van der Waals surface area contributed by atoms with Crippen LogP contribution in [0.15, 0.2) is 11.6 Å². The molecule has 1 aliphatic heterocycles. The summed E-state index contributed by atoms with van der Waals surface area (Å²) in [5.41, 5.74) is 1.79. The highest BCUT2D eigenvalue weighted by molar-refractivity contribution is 8.06. The first-order valence-electron chi connectivity index (χ1n) is 9.44. The molecule has 23 heavy (non-hydrogen) atoms. The Morgan fingerprint density at radius 2 is 1.87 bits per heavy atom. The summed E-state index contributed by atoms with van der Waals surface area (Å²) in [7, 11) is 0. The second-order valence-corrected chi connectivity index (χ2v) is 10.1. The molecule has 0 aromatic rings. The van der Waals surface area contributed by atoms with Gasteiger partial charge in [-0.2, -0.15) is 11.8 Å². The Labute approximate surface area is 142 Å². The maximum Gasteiger partial charge on any atom is 0.155 e. The first-order valence-corrected chi connectivity index (χ1v) is 10.5. The summed E-state index contributed by atoms with van der Waals surface area (Å²) in [6, 6.07) is 0. The van der Waals surface area contributed by atoms with Gasteiger partial charge in [0.2, 0.25) is 0 Å². The van der Waals surface area contributed by atoms with Crippen molar-refractivity contribution in [2.24, 2.45) is 28.6 Å². The fraction of sp³-hybridized carbons (Fsp3) is 0.800. The van der Waals surface area contributed by atoms with E-state index in [0.29, 0.717) is 22.9 Å². The van der Waals surface area contributed by atoms with Crippen molar-refractivity contribution in [3.63, 3.8) is 0 Å². The Morgan fingerprint density at radius 3 is 2.65 bits per heavy atom. The van der Waals surface area contributed by atoms with Crippen LogP contribution in [-0.2, 0) is 9.59 Å². The van der Waals surface area contributed by atoms with Crippen LogP contribution in [-0.4, -0.2) is 22.6 Å². The van der Waals surface area contributed by atoms with E-state index in [1.54, 1.807) is 0 Å². The molecule has 0 aromatic heterocycles. The highest BCUT2D eigenvalue weighted by atomic mass is 32.2. The molecule has 1 heterocycles. The van der Waals surface area contributed by atoms with Crippen LogP contribution < -0.4 is 0 Å². The van der Waals surface area contributed by atoms with Crippen LogP contribution in [0.1, 0.15) is 58.3 Å². The largest absolute Gasteiger partial charge is 0.299 e. The Kier molecular flexibility index (Phi) is 3.04. The molecule has 3 saturated carbocycles. The van der Waals surface area contributed by atoms with Gasteiger partial charge in [0.25, 0.3) is 0 Å². The van der Waals surface area contributed by atoms with E-state index >= 15 is 0 Å². The molecule has 5 rings (SSSR count). The van der Waals surface area contributed by atoms with Crippen LogP contribution >= 0.6 is 11.8 Å². The van der Waals surface area contributed by atoms with E-state index < -0.39 is 0 Å². The average molecular weight is 330 g/mol. The number of thioether (sulfide) groups is 1. The van der Waals surface area contributed by atoms with Gasteiger partial charge in [-0.3, -0.25) is 9.59 Å². The van der Waals surface area contributed by atoms with E-state index in [4.69, 9.17) is 0 Å². The second kappa shape index (κ2) is 4.74. The number of rotatable bonds is 1. The zero-order valence-electron chi connectivity index (χ0n) is 14.0. The van der Waals surface area contributed by atoms with Crippen molar-refractivity contribution < 1.29 is 9.59 Å². The Bertz CT molecular complexity index is 619. The number of carbonyl (C=O) groups excluding carboxylic acids is 2. The minimum absolute atomic E-state index is 0.0231. The molecule has 5 aliphatic rings. The van der Waals surface area contributed by atoms with Gasteiger partial charge in [0, 0.05) is 34.7 Å². The van der Waals surface area contributed by atoms with E-state index in [2.05, 4.69) is 18.7 Å². The summed E-state index contributed by atoms with van der Waals surface area (Å²) in [6.45, 7) is 2.26. The van der Waals surface area contributed by atoms with Crippen molar-refractivity contribution in [2.45, 2.75) is 63.5 Å². The fourth-order valence-corrected chi connectivity index (χ4v) is 8.13. The molecule has 0 spiro atoms. The SMILES string of the molecule is C[C@]12CC[C@H]3[C@@H](CCC4=CC(=O)CCC43[C@@H]3CS3)[C@@H]1CCC2=O. The number of allylic oxidation sites excluding steroid dienone is 1. The summed E-state index contributed by atoms with van der Waals surface area (Å²) in [5.74, 6) is 4.27. The van der Waals surface area contributed by atoms with Gasteiger partial charge < -0.3 is 0 Å².